The molecule has 1 aliphatic heterocycles. The predicted octanol–water partition coefficient (Wildman–Crippen LogP) is 5.16. The molecule has 0 saturated heterocycles. The fourth-order valence-electron chi connectivity index (χ4n) is 3.65. The summed E-state index contributed by atoms with van der Waals surface area (Å²) in [5.74, 6) is 1.04. The van der Waals surface area contributed by atoms with Crippen molar-refractivity contribution in [3.05, 3.63) is 59.0 Å². The van der Waals surface area contributed by atoms with Crippen molar-refractivity contribution in [2.24, 2.45) is 5.92 Å². The van der Waals surface area contributed by atoms with Gasteiger partial charge in [-0.25, -0.2) is 0 Å². The number of ketones is 1. The first-order valence-electron chi connectivity index (χ1n) is 10.3. The Hall–Kier alpha value is -3.54. The van der Waals surface area contributed by atoms with Crippen molar-refractivity contribution in [3.8, 4) is 17.2 Å². The lowest BCUT2D eigenvalue weighted by Crippen LogP contribution is -2.15. The van der Waals surface area contributed by atoms with Crippen LogP contribution < -0.4 is 14.2 Å². The van der Waals surface area contributed by atoms with Crippen LogP contribution >= 0.6 is 0 Å². The zero-order valence-corrected chi connectivity index (χ0v) is 18.3. The summed E-state index contributed by atoms with van der Waals surface area (Å²) in [5, 5.41) is 0.976. The van der Waals surface area contributed by atoms with E-state index >= 15 is 0 Å². The van der Waals surface area contributed by atoms with Crippen LogP contribution in [0.1, 0.15) is 42.3 Å². The fraction of sp³-hybridized carbons (Fsp3) is 0.280. The van der Waals surface area contributed by atoms with Crippen molar-refractivity contribution in [1.82, 2.24) is 4.57 Å². The number of aryl methyl sites for hydroxylation is 1. The Labute approximate surface area is 181 Å². The van der Waals surface area contributed by atoms with Gasteiger partial charge < -0.3 is 18.8 Å². The first kappa shape index (κ1) is 20.7. The van der Waals surface area contributed by atoms with E-state index in [2.05, 4.69) is 11.5 Å². The van der Waals surface area contributed by atoms with E-state index in [1.54, 1.807) is 46.1 Å². The number of Topliss-reactive ketones (excluding diaryl/α,β-unsaturated/α-hetero) is 1. The topological polar surface area (TPSA) is 66.8 Å². The summed E-state index contributed by atoms with van der Waals surface area (Å²) in [6, 6.07) is 9.17. The molecule has 1 aliphatic rings. The van der Waals surface area contributed by atoms with Crippen LogP contribution in [-0.2, 0) is 11.3 Å². The monoisotopic (exact) mass is 419 g/mol. The average Bonchev–Trinajstić information content (AvgIpc) is 3.27. The third kappa shape index (κ3) is 3.58. The molecule has 0 bridgehead atoms. The highest BCUT2D eigenvalue weighted by atomic mass is 16.5. The number of aromatic nitrogens is 1. The third-order valence-corrected chi connectivity index (χ3v) is 5.46. The van der Waals surface area contributed by atoms with Gasteiger partial charge in [-0.3, -0.25) is 9.59 Å². The number of allylic oxidation sites excluding steroid dienone is 1. The summed E-state index contributed by atoms with van der Waals surface area (Å²) >= 11 is 0. The van der Waals surface area contributed by atoms with Gasteiger partial charge >= 0.3 is 5.97 Å². The second-order valence-electron chi connectivity index (χ2n) is 7.83. The van der Waals surface area contributed by atoms with E-state index in [9.17, 15) is 9.59 Å². The summed E-state index contributed by atoms with van der Waals surface area (Å²) in [7, 11) is 1.63. The van der Waals surface area contributed by atoms with Gasteiger partial charge in [0.2, 0.25) is 5.78 Å². The van der Waals surface area contributed by atoms with Gasteiger partial charge in [0.1, 0.15) is 17.2 Å². The van der Waals surface area contributed by atoms with E-state index in [1.807, 2.05) is 24.4 Å². The van der Waals surface area contributed by atoms with Gasteiger partial charge in [-0.2, -0.15) is 0 Å². The fourth-order valence-corrected chi connectivity index (χ4v) is 3.65. The van der Waals surface area contributed by atoms with Crippen LogP contribution in [0.4, 0.5) is 0 Å². The minimum atomic E-state index is -0.329. The van der Waals surface area contributed by atoms with Crippen LogP contribution in [0.25, 0.3) is 17.0 Å². The highest BCUT2D eigenvalue weighted by Crippen LogP contribution is 2.40. The predicted molar refractivity (Wildman–Crippen MR) is 119 cm³/mol. The number of hydrogen-bond acceptors (Lipinski definition) is 5. The Morgan fingerprint density at radius 2 is 2.00 bits per heavy atom. The van der Waals surface area contributed by atoms with Crippen molar-refractivity contribution >= 4 is 28.7 Å². The van der Waals surface area contributed by atoms with E-state index < -0.39 is 0 Å². The maximum Gasteiger partial charge on any atom is 0.313 e. The summed E-state index contributed by atoms with van der Waals surface area (Å²) in [5.41, 5.74) is 3.01. The van der Waals surface area contributed by atoms with Crippen LogP contribution in [0.15, 0.2) is 42.3 Å². The van der Waals surface area contributed by atoms with E-state index in [1.165, 1.54) is 0 Å². The van der Waals surface area contributed by atoms with Crippen molar-refractivity contribution < 1.29 is 23.8 Å². The van der Waals surface area contributed by atoms with Crippen molar-refractivity contribution in [2.45, 2.75) is 34.2 Å². The van der Waals surface area contributed by atoms with Gasteiger partial charge in [-0.05, 0) is 50.3 Å². The Morgan fingerprint density at radius 1 is 1.23 bits per heavy atom. The molecule has 0 amide bonds. The van der Waals surface area contributed by atoms with Crippen LogP contribution in [0.3, 0.4) is 0 Å². The summed E-state index contributed by atoms with van der Waals surface area (Å²) in [4.78, 5) is 25.0. The highest BCUT2D eigenvalue weighted by molar-refractivity contribution is 6.15. The Morgan fingerprint density at radius 3 is 2.68 bits per heavy atom. The Bertz CT molecular complexity index is 1230. The summed E-state index contributed by atoms with van der Waals surface area (Å²) in [6.45, 7) is 8.19. The number of nitrogens with zero attached hydrogens (tertiary/aromatic N) is 1. The lowest BCUT2D eigenvalue weighted by Gasteiger charge is -2.11. The Kier molecular flexibility index (Phi) is 5.31. The minimum absolute atomic E-state index is 0.194. The molecule has 0 spiro atoms. The average molecular weight is 419 g/mol. The highest BCUT2D eigenvalue weighted by Gasteiger charge is 2.31. The Balaban J connectivity index is 1.74. The van der Waals surface area contributed by atoms with Crippen LogP contribution in [-0.4, -0.2) is 23.4 Å². The molecule has 4 rings (SSSR count). The number of rotatable bonds is 5. The van der Waals surface area contributed by atoms with Crippen LogP contribution in [0, 0.1) is 12.8 Å². The number of methoxy groups -OCH3 is 1. The molecule has 0 fully saturated rings. The van der Waals surface area contributed by atoms with Crippen LogP contribution in [0.5, 0.6) is 17.2 Å². The molecule has 0 N–H and O–H groups in total. The summed E-state index contributed by atoms with van der Waals surface area (Å²) in [6.07, 6.45) is 3.76. The maximum atomic E-state index is 13.0. The largest absolute Gasteiger partial charge is 0.497 e. The van der Waals surface area contributed by atoms with E-state index in [0.29, 0.717) is 22.6 Å². The molecule has 0 saturated carbocycles. The van der Waals surface area contributed by atoms with Gasteiger partial charge in [0.15, 0.2) is 5.76 Å². The SMILES string of the molecule is CCn1cc(/C=C2\Oc3c(ccc(OC(=O)C(C)C)c3C)C2=O)c2cc(OC)ccc21. The second kappa shape index (κ2) is 7.95. The quantitative estimate of drug-likeness (QED) is 0.325. The van der Waals surface area contributed by atoms with Gasteiger partial charge in [0.25, 0.3) is 0 Å². The molecular formula is C25H25NO5. The number of ether oxygens (including phenoxy) is 3. The molecule has 160 valence electrons. The first-order valence-corrected chi connectivity index (χ1v) is 10.3. The number of hydrogen-bond donors (Lipinski definition) is 0. The molecule has 6 nitrogen and oxygen atoms in total. The molecule has 2 heterocycles. The minimum Gasteiger partial charge on any atom is -0.497 e. The normalized spacial score (nSPS) is 14.3. The molecule has 2 aromatic carbocycles. The van der Waals surface area contributed by atoms with Crippen molar-refractivity contribution in [3.63, 3.8) is 0 Å². The number of carbonyl (C=O) groups is 2. The van der Waals surface area contributed by atoms with Crippen molar-refractivity contribution in [1.29, 1.82) is 0 Å². The number of esters is 1. The molecule has 0 atom stereocenters. The number of benzene rings is 2. The number of carbonyl (C=O) groups excluding carboxylic acids is 2. The maximum absolute atomic E-state index is 13.0. The summed E-state index contributed by atoms with van der Waals surface area (Å²) < 4.78 is 18.9. The van der Waals surface area contributed by atoms with Crippen molar-refractivity contribution in [2.75, 3.05) is 7.11 Å². The lowest BCUT2D eigenvalue weighted by molar-refractivity contribution is -0.137. The number of fused-ring (bicyclic) bond motifs is 2. The van der Waals surface area contributed by atoms with E-state index in [-0.39, 0.29) is 23.4 Å². The molecule has 31 heavy (non-hydrogen) atoms. The standard InChI is InChI=1S/C25H25NO5/c1-6-26-13-16(19-12-17(29-5)7-9-20(19)26)11-22-23(27)18-8-10-21(15(4)24(18)30-22)31-25(28)14(2)3/h7-14H,6H2,1-5H3/b22-11-. The molecule has 0 aliphatic carbocycles. The molecule has 0 unspecified atom stereocenters. The van der Waals surface area contributed by atoms with Gasteiger partial charge in [-0.15, -0.1) is 0 Å². The molecule has 0 radical (unpaired) electrons. The smallest absolute Gasteiger partial charge is 0.313 e. The van der Waals surface area contributed by atoms with E-state index in [4.69, 9.17) is 14.2 Å². The third-order valence-electron chi connectivity index (χ3n) is 5.46. The van der Waals surface area contributed by atoms with Gasteiger partial charge in [0.05, 0.1) is 18.6 Å². The molecule has 1 aromatic heterocycles. The van der Waals surface area contributed by atoms with Gasteiger partial charge in [0, 0.05) is 34.8 Å². The zero-order chi connectivity index (χ0) is 22.3. The first-order chi connectivity index (χ1) is 14.8. The van der Waals surface area contributed by atoms with Gasteiger partial charge in [-0.1, -0.05) is 13.8 Å². The second-order valence-corrected chi connectivity index (χ2v) is 7.83. The van der Waals surface area contributed by atoms with E-state index in [0.717, 1.165) is 28.8 Å². The molecular weight excluding hydrogens is 394 g/mol. The molecule has 6 heteroatoms. The lowest BCUT2D eigenvalue weighted by atomic mass is 10.1. The van der Waals surface area contributed by atoms with Crippen LogP contribution in [0.2, 0.25) is 0 Å². The molecule has 3 aromatic rings. The zero-order valence-electron chi connectivity index (χ0n) is 18.3.